The average Bonchev–Trinajstić information content (AvgIpc) is 2.63. The summed E-state index contributed by atoms with van der Waals surface area (Å²) in [5.41, 5.74) is 0.648. The summed E-state index contributed by atoms with van der Waals surface area (Å²) in [6.07, 6.45) is 1.78. The van der Waals surface area contributed by atoms with E-state index in [1.54, 1.807) is 24.3 Å². The summed E-state index contributed by atoms with van der Waals surface area (Å²) in [5, 5.41) is 2.63. The van der Waals surface area contributed by atoms with Gasteiger partial charge in [-0.2, -0.15) is 0 Å². The van der Waals surface area contributed by atoms with Gasteiger partial charge in [0.2, 0.25) is 0 Å². The standard InChI is InChI=1S/C13H14N2O3/c1-2-3-8-14-13(18)15-10-7-5-4-6-9(10)11(16)12(15)17/h4-7H,2-3,8H2,1H3,(H,14,18). The molecule has 1 N–H and O–H groups in total. The third kappa shape index (κ3) is 1.99. The van der Waals surface area contributed by atoms with Crippen LogP contribution in [-0.2, 0) is 4.79 Å². The van der Waals surface area contributed by atoms with Crippen molar-refractivity contribution in [1.82, 2.24) is 5.32 Å². The monoisotopic (exact) mass is 246 g/mol. The molecule has 0 aromatic heterocycles. The smallest absolute Gasteiger partial charge is 0.329 e. The molecule has 1 aromatic rings. The van der Waals surface area contributed by atoms with Crippen molar-refractivity contribution in [2.24, 2.45) is 0 Å². The number of ketones is 1. The van der Waals surface area contributed by atoms with Crippen molar-refractivity contribution in [2.75, 3.05) is 11.4 Å². The third-order valence-electron chi connectivity index (χ3n) is 2.80. The quantitative estimate of drug-likeness (QED) is 0.652. The molecule has 0 bridgehead atoms. The third-order valence-corrected chi connectivity index (χ3v) is 2.80. The number of anilines is 1. The number of unbranched alkanes of at least 4 members (excludes halogenated alkanes) is 1. The van der Waals surface area contributed by atoms with Crippen molar-refractivity contribution in [3.05, 3.63) is 29.8 Å². The summed E-state index contributed by atoms with van der Waals surface area (Å²) in [6, 6.07) is 5.97. The van der Waals surface area contributed by atoms with Crippen molar-refractivity contribution < 1.29 is 14.4 Å². The number of nitrogens with zero attached hydrogens (tertiary/aromatic N) is 1. The molecule has 1 heterocycles. The molecule has 94 valence electrons. The lowest BCUT2D eigenvalue weighted by atomic mass is 10.1. The highest BCUT2D eigenvalue weighted by atomic mass is 16.2. The van der Waals surface area contributed by atoms with E-state index in [0.717, 1.165) is 17.7 Å². The van der Waals surface area contributed by atoms with E-state index in [9.17, 15) is 14.4 Å². The maximum Gasteiger partial charge on any atom is 0.329 e. The van der Waals surface area contributed by atoms with Crippen LogP contribution in [0.1, 0.15) is 30.1 Å². The van der Waals surface area contributed by atoms with E-state index >= 15 is 0 Å². The van der Waals surface area contributed by atoms with Gasteiger partial charge >= 0.3 is 11.9 Å². The lowest BCUT2D eigenvalue weighted by molar-refractivity contribution is -0.113. The summed E-state index contributed by atoms with van der Waals surface area (Å²) in [4.78, 5) is 36.2. The second-order valence-corrected chi connectivity index (χ2v) is 4.07. The van der Waals surface area contributed by atoms with Crippen LogP contribution in [0.25, 0.3) is 0 Å². The fourth-order valence-electron chi connectivity index (χ4n) is 1.84. The van der Waals surface area contributed by atoms with E-state index in [1.165, 1.54) is 0 Å². The van der Waals surface area contributed by atoms with Crippen molar-refractivity contribution in [1.29, 1.82) is 0 Å². The number of Topliss-reactive ketones (excluding diaryl/α,β-unsaturated/α-hetero) is 1. The van der Waals surface area contributed by atoms with Gasteiger partial charge in [0.05, 0.1) is 11.3 Å². The number of para-hydroxylation sites is 1. The van der Waals surface area contributed by atoms with Gasteiger partial charge in [0, 0.05) is 6.54 Å². The van der Waals surface area contributed by atoms with E-state index in [2.05, 4.69) is 5.32 Å². The van der Waals surface area contributed by atoms with Gasteiger partial charge in [-0.05, 0) is 18.6 Å². The molecule has 0 spiro atoms. The number of carbonyl (C=O) groups is 3. The van der Waals surface area contributed by atoms with Crippen molar-refractivity contribution in [3.63, 3.8) is 0 Å². The first-order valence-electron chi connectivity index (χ1n) is 5.92. The Bertz CT molecular complexity index is 511. The molecule has 1 aliphatic rings. The number of imide groups is 1. The van der Waals surface area contributed by atoms with E-state index < -0.39 is 17.7 Å². The summed E-state index contributed by atoms with van der Waals surface area (Å²) < 4.78 is 0. The number of carbonyl (C=O) groups excluding carboxylic acids is 3. The van der Waals surface area contributed by atoms with Gasteiger partial charge in [-0.25, -0.2) is 9.69 Å². The Labute approximate surface area is 105 Å². The number of fused-ring (bicyclic) bond motifs is 1. The molecule has 1 aliphatic heterocycles. The highest BCUT2D eigenvalue weighted by Crippen LogP contribution is 2.28. The maximum absolute atomic E-state index is 11.9. The Morgan fingerprint density at radius 3 is 2.72 bits per heavy atom. The minimum Gasteiger partial charge on any atom is -0.337 e. The number of urea groups is 1. The van der Waals surface area contributed by atoms with Gasteiger partial charge in [-0.1, -0.05) is 25.5 Å². The van der Waals surface area contributed by atoms with Crippen LogP contribution in [0.4, 0.5) is 10.5 Å². The molecule has 18 heavy (non-hydrogen) atoms. The first-order chi connectivity index (χ1) is 8.66. The van der Waals surface area contributed by atoms with Crippen LogP contribution in [0.5, 0.6) is 0 Å². The lowest BCUT2D eigenvalue weighted by Gasteiger charge is -2.15. The normalized spacial score (nSPS) is 13.7. The van der Waals surface area contributed by atoms with Crippen LogP contribution in [0.2, 0.25) is 0 Å². The molecule has 0 fully saturated rings. The fraction of sp³-hybridized carbons (Fsp3) is 0.308. The molecule has 2 rings (SSSR count). The zero-order chi connectivity index (χ0) is 13.1. The van der Waals surface area contributed by atoms with Gasteiger partial charge in [0.1, 0.15) is 0 Å². The second-order valence-electron chi connectivity index (χ2n) is 4.07. The zero-order valence-corrected chi connectivity index (χ0v) is 10.1. The van der Waals surface area contributed by atoms with Crippen molar-refractivity contribution >= 4 is 23.4 Å². The Hall–Kier alpha value is -2.17. The number of benzene rings is 1. The predicted molar refractivity (Wildman–Crippen MR) is 66.6 cm³/mol. The van der Waals surface area contributed by atoms with Crippen LogP contribution in [-0.4, -0.2) is 24.3 Å². The Balaban J connectivity index is 2.21. The number of rotatable bonds is 3. The Morgan fingerprint density at radius 1 is 1.28 bits per heavy atom. The van der Waals surface area contributed by atoms with Gasteiger partial charge in [-0.15, -0.1) is 0 Å². The molecule has 0 aliphatic carbocycles. The molecule has 0 radical (unpaired) electrons. The Morgan fingerprint density at radius 2 is 2.00 bits per heavy atom. The molecule has 0 saturated heterocycles. The molecule has 5 heteroatoms. The molecule has 5 nitrogen and oxygen atoms in total. The van der Waals surface area contributed by atoms with Gasteiger partial charge in [0.25, 0.3) is 5.78 Å². The van der Waals surface area contributed by atoms with Crippen LogP contribution >= 0.6 is 0 Å². The number of amides is 3. The first kappa shape index (κ1) is 12.3. The van der Waals surface area contributed by atoms with Gasteiger partial charge in [-0.3, -0.25) is 9.59 Å². The maximum atomic E-state index is 11.9. The van der Waals surface area contributed by atoms with Crippen molar-refractivity contribution in [2.45, 2.75) is 19.8 Å². The molecule has 1 aromatic carbocycles. The van der Waals surface area contributed by atoms with E-state index in [1.807, 2.05) is 6.92 Å². The van der Waals surface area contributed by atoms with Crippen LogP contribution in [0, 0.1) is 0 Å². The first-order valence-corrected chi connectivity index (χ1v) is 5.92. The van der Waals surface area contributed by atoms with E-state index in [-0.39, 0.29) is 5.56 Å². The molecular formula is C13H14N2O3. The predicted octanol–water partition coefficient (Wildman–Crippen LogP) is 1.73. The molecule has 3 amide bonds. The summed E-state index contributed by atoms with van der Waals surface area (Å²) in [6.45, 7) is 2.50. The largest absolute Gasteiger partial charge is 0.337 e. The highest BCUT2D eigenvalue weighted by molar-refractivity contribution is 6.56. The van der Waals surface area contributed by atoms with Gasteiger partial charge < -0.3 is 5.32 Å². The molecule has 0 unspecified atom stereocenters. The summed E-state index contributed by atoms with van der Waals surface area (Å²) in [5.74, 6) is -1.42. The summed E-state index contributed by atoms with van der Waals surface area (Å²) >= 11 is 0. The molecule has 0 saturated carbocycles. The van der Waals surface area contributed by atoms with Crippen LogP contribution in [0.3, 0.4) is 0 Å². The fourth-order valence-corrected chi connectivity index (χ4v) is 1.84. The number of nitrogens with one attached hydrogen (secondary N) is 1. The molecule has 0 atom stereocenters. The van der Waals surface area contributed by atoms with Crippen LogP contribution in [0.15, 0.2) is 24.3 Å². The minimum absolute atomic E-state index is 0.285. The molecular weight excluding hydrogens is 232 g/mol. The van der Waals surface area contributed by atoms with Crippen molar-refractivity contribution in [3.8, 4) is 0 Å². The minimum atomic E-state index is -0.787. The highest BCUT2D eigenvalue weighted by Gasteiger charge is 2.39. The summed E-state index contributed by atoms with van der Waals surface area (Å²) in [7, 11) is 0. The number of hydrogen-bond acceptors (Lipinski definition) is 3. The van der Waals surface area contributed by atoms with Gasteiger partial charge in [0.15, 0.2) is 0 Å². The zero-order valence-electron chi connectivity index (χ0n) is 10.1. The van der Waals surface area contributed by atoms with E-state index in [0.29, 0.717) is 12.2 Å². The average molecular weight is 246 g/mol. The van der Waals surface area contributed by atoms with E-state index in [4.69, 9.17) is 0 Å². The SMILES string of the molecule is CCCCNC(=O)N1C(=O)C(=O)c2ccccc21. The lowest BCUT2D eigenvalue weighted by Crippen LogP contribution is -2.43. The second kappa shape index (κ2) is 5.00. The van der Waals surface area contributed by atoms with Crippen LogP contribution < -0.4 is 10.2 Å². The number of hydrogen-bond donors (Lipinski definition) is 1. The topological polar surface area (TPSA) is 66.5 Å². The Kier molecular flexibility index (Phi) is 3.41.